The van der Waals surface area contributed by atoms with Crippen LogP contribution < -0.4 is 11.3 Å². The molecule has 0 saturated heterocycles. The molecule has 86 valence electrons. The lowest BCUT2D eigenvalue weighted by atomic mass is 10.3. The molecule has 2 rings (SSSR count). The lowest BCUT2D eigenvalue weighted by molar-refractivity contribution is 0.881. The van der Waals surface area contributed by atoms with Gasteiger partial charge in [-0.2, -0.15) is 15.4 Å². The average molecular weight is 231 g/mol. The quantitative estimate of drug-likeness (QED) is 0.271. The molecule has 0 aliphatic rings. The summed E-state index contributed by atoms with van der Waals surface area (Å²) in [7, 11) is 0. The van der Waals surface area contributed by atoms with Gasteiger partial charge < -0.3 is 5.84 Å². The van der Waals surface area contributed by atoms with Crippen molar-refractivity contribution in [2.45, 2.75) is 0 Å². The van der Waals surface area contributed by atoms with Crippen molar-refractivity contribution in [1.29, 1.82) is 0 Å². The fraction of sp³-hybridized carbons (Fsp3) is 0. The highest BCUT2D eigenvalue weighted by atomic mass is 15.5. The first-order chi connectivity index (χ1) is 8.35. The minimum Gasteiger partial charge on any atom is -0.321 e. The molecule has 4 N–H and O–H groups in total. The van der Waals surface area contributed by atoms with E-state index in [0.29, 0.717) is 23.0 Å². The molecule has 0 saturated carbocycles. The van der Waals surface area contributed by atoms with Gasteiger partial charge in [-0.1, -0.05) is 6.07 Å². The van der Waals surface area contributed by atoms with E-state index in [4.69, 9.17) is 5.84 Å². The van der Waals surface area contributed by atoms with E-state index in [1.54, 1.807) is 18.2 Å². The Morgan fingerprint density at radius 3 is 3.00 bits per heavy atom. The lowest BCUT2D eigenvalue weighted by Crippen LogP contribution is -2.21. The van der Waals surface area contributed by atoms with Gasteiger partial charge in [0.1, 0.15) is 11.4 Å². The van der Waals surface area contributed by atoms with Crippen LogP contribution >= 0.6 is 0 Å². The maximum Gasteiger partial charge on any atom is 0.222 e. The van der Waals surface area contributed by atoms with Gasteiger partial charge in [0.25, 0.3) is 0 Å². The van der Waals surface area contributed by atoms with E-state index in [1.807, 2.05) is 0 Å². The number of nitrogens with one attached hydrogen (secondary N) is 2. The molecule has 2 heterocycles. The van der Waals surface area contributed by atoms with Crippen molar-refractivity contribution >= 4 is 12.6 Å². The fourth-order valence-electron chi connectivity index (χ4n) is 1.19. The van der Waals surface area contributed by atoms with Crippen molar-refractivity contribution in [1.82, 2.24) is 31.0 Å². The fourth-order valence-corrected chi connectivity index (χ4v) is 1.19. The summed E-state index contributed by atoms with van der Waals surface area (Å²) in [4.78, 5) is 4.26. The maximum absolute atomic E-state index is 5.21. The first-order valence-corrected chi connectivity index (χ1v) is 4.56. The normalized spacial score (nSPS) is 11.2. The number of hydrogen-bond acceptors (Lipinski definition) is 7. The van der Waals surface area contributed by atoms with Crippen LogP contribution in [-0.4, -0.2) is 38.2 Å². The number of aromatic nitrogens is 5. The largest absolute Gasteiger partial charge is 0.321 e. The SMILES string of the molecule is C=NN/C(=N\N)c1cccc(-c2nn[nH]n2)n1. The molecule has 0 aromatic carbocycles. The Hall–Kier alpha value is -2.84. The van der Waals surface area contributed by atoms with Gasteiger partial charge in [0.2, 0.25) is 5.82 Å². The zero-order chi connectivity index (χ0) is 12.1. The van der Waals surface area contributed by atoms with Gasteiger partial charge in [0, 0.05) is 6.72 Å². The summed E-state index contributed by atoms with van der Waals surface area (Å²) >= 11 is 0. The average Bonchev–Trinajstić information content (AvgIpc) is 2.90. The maximum atomic E-state index is 5.21. The van der Waals surface area contributed by atoms with Crippen molar-refractivity contribution in [3.8, 4) is 11.5 Å². The highest BCUT2D eigenvalue weighted by Crippen LogP contribution is 2.10. The molecule has 9 heteroatoms. The van der Waals surface area contributed by atoms with Crippen LogP contribution in [0, 0.1) is 0 Å². The van der Waals surface area contributed by atoms with Crippen LogP contribution in [0.5, 0.6) is 0 Å². The zero-order valence-corrected chi connectivity index (χ0v) is 8.70. The van der Waals surface area contributed by atoms with Gasteiger partial charge in [-0.15, -0.1) is 10.2 Å². The van der Waals surface area contributed by atoms with E-state index in [-0.39, 0.29) is 0 Å². The third-order valence-corrected chi connectivity index (χ3v) is 1.88. The third-order valence-electron chi connectivity index (χ3n) is 1.88. The minimum absolute atomic E-state index is 0.297. The number of nitrogens with zero attached hydrogens (tertiary/aromatic N) is 6. The van der Waals surface area contributed by atoms with Crippen LogP contribution in [0.25, 0.3) is 11.5 Å². The number of tetrazole rings is 1. The van der Waals surface area contributed by atoms with E-state index in [9.17, 15) is 0 Å². The van der Waals surface area contributed by atoms with Crippen molar-refractivity contribution < 1.29 is 0 Å². The zero-order valence-electron chi connectivity index (χ0n) is 8.70. The number of nitrogens with two attached hydrogens (primary N) is 1. The van der Waals surface area contributed by atoms with Crippen molar-refractivity contribution in [2.24, 2.45) is 16.0 Å². The van der Waals surface area contributed by atoms with Gasteiger partial charge in [0.05, 0.1) is 0 Å². The van der Waals surface area contributed by atoms with Crippen LogP contribution in [0.3, 0.4) is 0 Å². The summed E-state index contributed by atoms with van der Waals surface area (Å²) in [5.74, 6) is 5.89. The number of aromatic amines is 1. The number of hydrogen-bond donors (Lipinski definition) is 3. The summed E-state index contributed by atoms with van der Waals surface area (Å²) in [6.45, 7) is 3.28. The summed E-state index contributed by atoms with van der Waals surface area (Å²) in [5, 5.41) is 20.4. The predicted octanol–water partition coefficient (Wildman–Crippen LogP) is -0.913. The second-order valence-corrected chi connectivity index (χ2v) is 2.89. The van der Waals surface area contributed by atoms with Crippen molar-refractivity contribution in [2.75, 3.05) is 0 Å². The Kier molecular flexibility index (Phi) is 3.01. The Labute approximate surface area is 95.8 Å². The standard InChI is InChI=1S/C8H9N9/c1-10-13-7(12-9)5-3-2-4-6(11-5)8-14-16-17-15-8/h2-4H,1,9H2,(H,12,13)(H,14,15,16,17). The molecule has 0 fully saturated rings. The first kappa shape index (κ1) is 10.7. The molecule has 0 amide bonds. The Morgan fingerprint density at radius 2 is 2.35 bits per heavy atom. The number of pyridine rings is 1. The van der Waals surface area contributed by atoms with Gasteiger partial charge in [-0.25, -0.2) is 4.98 Å². The molecule has 0 bridgehead atoms. The first-order valence-electron chi connectivity index (χ1n) is 4.56. The molecular formula is C8H9N9. The third kappa shape index (κ3) is 2.22. The van der Waals surface area contributed by atoms with Crippen LogP contribution in [0.2, 0.25) is 0 Å². The number of rotatable bonds is 3. The van der Waals surface area contributed by atoms with Crippen molar-refractivity contribution in [3.63, 3.8) is 0 Å². The van der Waals surface area contributed by atoms with E-state index in [0.717, 1.165) is 0 Å². The number of amidine groups is 1. The molecule has 0 aliphatic heterocycles. The molecule has 9 nitrogen and oxygen atoms in total. The van der Waals surface area contributed by atoms with Crippen LogP contribution in [-0.2, 0) is 0 Å². The molecule has 2 aromatic rings. The van der Waals surface area contributed by atoms with Crippen LogP contribution in [0.1, 0.15) is 5.69 Å². The molecular weight excluding hydrogens is 222 g/mol. The molecule has 2 aromatic heterocycles. The van der Waals surface area contributed by atoms with Gasteiger partial charge in [0.15, 0.2) is 5.84 Å². The summed E-state index contributed by atoms with van der Waals surface area (Å²) in [5.41, 5.74) is 3.58. The number of hydrazone groups is 2. The predicted molar refractivity (Wildman–Crippen MR) is 60.8 cm³/mol. The van der Waals surface area contributed by atoms with Gasteiger partial charge >= 0.3 is 0 Å². The van der Waals surface area contributed by atoms with Gasteiger partial charge in [-0.3, -0.25) is 5.43 Å². The number of H-pyrrole nitrogens is 1. The minimum atomic E-state index is 0.297. The summed E-state index contributed by atoms with van der Waals surface area (Å²) < 4.78 is 0. The topological polar surface area (TPSA) is 130 Å². The van der Waals surface area contributed by atoms with Crippen LogP contribution in [0.15, 0.2) is 28.4 Å². The Balaban J connectivity index is 2.38. The molecule has 0 unspecified atom stereocenters. The second kappa shape index (κ2) is 4.79. The molecule has 0 spiro atoms. The highest BCUT2D eigenvalue weighted by Gasteiger charge is 2.08. The summed E-state index contributed by atoms with van der Waals surface area (Å²) in [6.07, 6.45) is 0. The second-order valence-electron chi connectivity index (χ2n) is 2.89. The monoisotopic (exact) mass is 231 g/mol. The molecule has 0 atom stereocenters. The molecule has 0 radical (unpaired) electrons. The Bertz CT molecular complexity index is 530. The molecule has 17 heavy (non-hydrogen) atoms. The highest BCUT2D eigenvalue weighted by molar-refractivity contribution is 5.97. The van der Waals surface area contributed by atoms with E-state index in [1.165, 1.54) is 0 Å². The van der Waals surface area contributed by atoms with Crippen LogP contribution in [0.4, 0.5) is 0 Å². The molecule has 0 aliphatic carbocycles. The van der Waals surface area contributed by atoms with E-state index < -0.39 is 0 Å². The van der Waals surface area contributed by atoms with E-state index in [2.05, 4.69) is 48.0 Å². The van der Waals surface area contributed by atoms with Gasteiger partial charge in [-0.05, 0) is 17.3 Å². The smallest absolute Gasteiger partial charge is 0.222 e. The van der Waals surface area contributed by atoms with E-state index >= 15 is 0 Å². The Morgan fingerprint density at radius 1 is 1.47 bits per heavy atom. The lowest BCUT2D eigenvalue weighted by Gasteiger charge is -2.03. The van der Waals surface area contributed by atoms with Crippen molar-refractivity contribution in [3.05, 3.63) is 23.9 Å². The summed E-state index contributed by atoms with van der Waals surface area (Å²) in [6, 6.07) is 5.22.